The molecule has 2 aromatic heterocycles. The Morgan fingerprint density at radius 2 is 2.00 bits per heavy atom. The molecule has 31 heavy (non-hydrogen) atoms. The Kier molecular flexibility index (Phi) is 5.67. The molecule has 1 atom stereocenters. The first-order chi connectivity index (χ1) is 14.9. The van der Waals surface area contributed by atoms with Crippen LogP contribution < -0.4 is 21.1 Å². The van der Waals surface area contributed by atoms with Crippen LogP contribution in [0.5, 0.6) is 5.88 Å². The van der Waals surface area contributed by atoms with Crippen molar-refractivity contribution in [2.45, 2.75) is 12.5 Å². The summed E-state index contributed by atoms with van der Waals surface area (Å²) in [6.45, 7) is 1.42. The number of hydrogen-bond donors (Lipinski definition) is 3. The molecule has 160 valence electrons. The van der Waals surface area contributed by atoms with Crippen LogP contribution in [0, 0.1) is 17.5 Å². The Balaban J connectivity index is 1.66. The van der Waals surface area contributed by atoms with Crippen molar-refractivity contribution < 1.29 is 22.7 Å². The second kappa shape index (κ2) is 8.56. The van der Waals surface area contributed by atoms with Gasteiger partial charge in [0.1, 0.15) is 35.4 Å². The lowest BCUT2D eigenvalue weighted by Gasteiger charge is -2.15. The maximum absolute atomic E-state index is 14.4. The van der Waals surface area contributed by atoms with Gasteiger partial charge in [-0.3, -0.25) is 4.79 Å². The molecule has 4 rings (SSSR count). The predicted octanol–water partition coefficient (Wildman–Crippen LogP) is 2.53. The molecule has 0 bridgehead atoms. The Bertz CT molecular complexity index is 1120. The van der Waals surface area contributed by atoms with E-state index >= 15 is 0 Å². The van der Waals surface area contributed by atoms with Crippen molar-refractivity contribution in [3.63, 3.8) is 0 Å². The van der Waals surface area contributed by atoms with Gasteiger partial charge in [0, 0.05) is 12.6 Å². The van der Waals surface area contributed by atoms with E-state index < -0.39 is 40.3 Å². The third-order valence-electron chi connectivity index (χ3n) is 4.64. The number of nitrogens with one attached hydrogen (secondary N) is 2. The smallest absolute Gasteiger partial charge is 0.276 e. The lowest BCUT2D eigenvalue weighted by molar-refractivity contribution is 0.102. The number of benzene rings is 1. The normalized spacial score (nSPS) is 15.6. The molecule has 11 heteroatoms. The zero-order valence-electron chi connectivity index (χ0n) is 16.0. The number of carbonyl (C=O) groups is 1. The van der Waals surface area contributed by atoms with Crippen LogP contribution in [0.4, 0.5) is 24.5 Å². The minimum Gasteiger partial charge on any atom is -0.471 e. The monoisotopic (exact) mass is 430 g/mol. The van der Waals surface area contributed by atoms with Crippen molar-refractivity contribution in [1.29, 1.82) is 0 Å². The first kappa shape index (κ1) is 20.5. The first-order valence-corrected chi connectivity index (χ1v) is 9.33. The van der Waals surface area contributed by atoms with Gasteiger partial charge in [-0.25, -0.2) is 23.1 Å². The zero-order valence-corrected chi connectivity index (χ0v) is 16.0. The average molecular weight is 430 g/mol. The maximum Gasteiger partial charge on any atom is 0.276 e. The average Bonchev–Trinajstić information content (AvgIpc) is 3.24. The van der Waals surface area contributed by atoms with E-state index in [1.807, 2.05) is 0 Å². The van der Waals surface area contributed by atoms with Gasteiger partial charge in [-0.15, -0.1) is 0 Å². The number of nitrogens with two attached hydrogens (primary N) is 1. The SMILES string of the molecule is Nc1cc(F)c(-c2c(F)cccc2F)nc1C(=O)Nc1cncnc1OC1CCNC1. The van der Waals surface area contributed by atoms with E-state index in [0.29, 0.717) is 6.54 Å². The van der Waals surface area contributed by atoms with Crippen LogP contribution in [-0.2, 0) is 0 Å². The van der Waals surface area contributed by atoms with Gasteiger partial charge in [0.25, 0.3) is 5.91 Å². The molecule has 0 spiro atoms. The van der Waals surface area contributed by atoms with Crippen LogP contribution in [0.25, 0.3) is 11.3 Å². The molecule has 1 amide bonds. The molecule has 1 saturated heterocycles. The number of nitrogen functional groups attached to an aromatic ring is 1. The fourth-order valence-electron chi connectivity index (χ4n) is 3.15. The Morgan fingerprint density at radius 3 is 2.71 bits per heavy atom. The third-order valence-corrected chi connectivity index (χ3v) is 4.64. The summed E-state index contributed by atoms with van der Waals surface area (Å²) in [6.07, 6.45) is 3.22. The largest absolute Gasteiger partial charge is 0.471 e. The summed E-state index contributed by atoms with van der Waals surface area (Å²) in [5.41, 5.74) is 3.79. The molecular formula is C20H17F3N6O2. The van der Waals surface area contributed by atoms with E-state index in [9.17, 15) is 18.0 Å². The van der Waals surface area contributed by atoms with Gasteiger partial charge in [0.2, 0.25) is 5.88 Å². The molecule has 1 aliphatic heterocycles. The van der Waals surface area contributed by atoms with Crippen LogP contribution in [0.15, 0.2) is 36.8 Å². The predicted molar refractivity (Wildman–Crippen MR) is 106 cm³/mol. The second-order valence-corrected chi connectivity index (χ2v) is 6.78. The number of carbonyl (C=O) groups excluding carboxylic acids is 1. The van der Waals surface area contributed by atoms with Crippen molar-refractivity contribution >= 4 is 17.3 Å². The number of halogens is 3. The number of pyridine rings is 1. The van der Waals surface area contributed by atoms with Gasteiger partial charge in [-0.2, -0.15) is 4.98 Å². The van der Waals surface area contributed by atoms with Crippen molar-refractivity contribution in [1.82, 2.24) is 20.3 Å². The van der Waals surface area contributed by atoms with Crippen molar-refractivity contribution in [3.8, 4) is 17.1 Å². The third kappa shape index (κ3) is 4.26. The van der Waals surface area contributed by atoms with Crippen LogP contribution >= 0.6 is 0 Å². The van der Waals surface area contributed by atoms with E-state index in [1.54, 1.807) is 0 Å². The summed E-state index contributed by atoms with van der Waals surface area (Å²) in [6, 6.07) is 3.83. The molecule has 0 aliphatic carbocycles. The number of anilines is 2. The summed E-state index contributed by atoms with van der Waals surface area (Å²) in [7, 11) is 0. The lowest BCUT2D eigenvalue weighted by Crippen LogP contribution is -2.22. The van der Waals surface area contributed by atoms with Gasteiger partial charge in [0.05, 0.1) is 17.4 Å². The van der Waals surface area contributed by atoms with Crippen LogP contribution in [-0.4, -0.2) is 40.1 Å². The highest BCUT2D eigenvalue weighted by Gasteiger charge is 2.24. The van der Waals surface area contributed by atoms with Gasteiger partial charge >= 0.3 is 0 Å². The number of rotatable bonds is 5. The summed E-state index contributed by atoms with van der Waals surface area (Å²) in [5.74, 6) is -3.84. The topological polar surface area (TPSA) is 115 Å². The molecule has 4 N–H and O–H groups in total. The Hall–Kier alpha value is -3.73. The minimum absolute atomic E-state index is 0.129. The molecule has 1 fully saturated rings. The fourth-order valence-corrected chi connectivity index (χ4v) is 3.15. The highest BCUT2D eigenvalue weighted by molar-refractivity contribution is 6.07. The van der Waals surface area contributed by atoms with E-state index in [-0.39, 0.29) is 23.4 Å². The van der Waals surface area contributed by atoms with Crippen LogP contribution in [0.3, 0.4) is 0 Å². The standard InChI is InChI=1S/C20H17F3N6O2/c21-11-2-1-3-12(22)16(11)17-13(23)6-14(24)18(29-17)19(30)28-15-8-26-9-27-20(15)31-10-4-5-25-7-10/h1-3,6,8-10,25H,4-5,7,24H2,(H,28,30). The molecular weight excluding hydrogens is 413 g/mol. The summed E-state index contributed by atoms with van der Waals surface area (Å²) in [4.78, 5) is 24.5. The Labute approximate surface area is 174 Å². The molecule has 0 radical (unpaired) electrons. The molecule has 8 nitrogen and oxygen atoms in total. The summed E-state index contributed by atoms with van der Waals surface area (Å²) in [5, 5.41) is 5.65. The fraction of sp³-hybridized carbons (Fsp3) is 0.200. The number of amides is 1. The molecule has 1 aliphatic rings. The van der Waals surface area contributed by atoms with Crippen LogP contribution in [0.2, 0.25) is 0 Å². The van der Waals surface area contributed by atoms with Crippen molar-refractivity contribution in [2.75, 3.05) is 24.1 Å². The number of aromatic nitrogens is 3. The van der Waals surface area contributed by atoms with Crippen LogP contribution in [0.1, 0.15) is 16.9 Å². The second-order valence-electron chi connectivity index (χ2n) is 6.78. The number of hydrogen-bond acceptors (Lipinski definition) is 7. The van der Waals surface area contributed by atoms with E-state index in [4.69, 9.17) is 10.5 Å². The zero-order chi connectivity index (χ0) is 22.0. The quantitative estimate of drug-likeness (QED) is 0.570. The van der Waals surface area contributed by atoms with Gasteiger partial charge in [-0.05, 0) is 25.1 Å². The highest BCUT2D eigenvalue weighted by atomic mass is 19.1. The number of nitrogens with zero attached hydrogens (tertiary/aromatic N) is 3. The van der Waals surface area contributed by atoms with Gasteiger partial charge in [0.15, 0.2) is 11.5 Å². The molecule has 3 aromatic rings. The molecule has 0 saturated carbocycles. The van der Waals surface area contributed by atoms with Gasteiger partial charge in [-0.1, -0.05) is 6.07 Å². The lowest BCUT2D eigenvalue weighted by atomic mass is 10.1. The van der Waals surface area contributed by atoms with E-state index in [1.165, 1.54) is 12.5 Å². The van der Waals surface area contributed by atoms with E-state index in [2.05, 4.69) is 25.6 Å². The molecule has 3 heterocycles. The maximum atomic E-state index is 14.4. The summed E-state index contributed by atoms with van der Waals surface area (Å²) >= 11 is 0. The highest BCUT2D eigenvalue weighted by Crippen LogP contribution is 2.30. The van der Waals surface area contributed by atoms with E-state index in [0.717, 1.165) is 37.2 Å². The van der Waals surface area contributed by atoms with Crippen molar-refractivity contribution in [2.24, 2.45) is 0 Å². The number of ether oxygens (including phenoxy) is 1. The Morgan fingerprint density at radius 1 is 1.23 bits per heavy atom. The first-order valence-electron chi connectivity index (χ1n) is 9.33. The van der Waals surface area contributed by atoms with Gasteiger partial charge < -0.3 is 21.1 Å². The molecule has 1 unspecified atom stereocenters. The minimum atomic E-state index is -1.07. The van der Waals surface area contributed by atoms with Crippen molar-refractivity contribution in [3.05, 3.63) is 59.9 Å². The molecule has 1 aromatic carbocycles. The summed E-state index contributed by atoms with van der Waals surface area (Å²) < 4.78 is 48.4.